The van der Waals surface area contributed by atoms with E-state index < -0.39 is 5.79 Å². The van der Waals surface area contributed by atoms with Gasteiger partial charge in [0.1, 0.15) is 0 Å². The highest BCUT2D eigenvalue weighted by Gasteiger charge is 2.60. The Kier molecular flexibility index (Phi) is 4.82. The molecule has 6 atom stereocenters. The van der Waals surface area contributed by atoms with E-state index in [-0.39, 0.29) is 28.8 Å². The summed E-state index contributed by atoms with van der Waals surface area (Å²) < 4.78 is 17.8. The quantitative estimate of drug-likeness (QED) is 0.378. The van der Waals surface area contributed by atoms with Gasteiger partial charge in [0.25, 0.3) is 0 Å². The summed E-state index contributed by atoms with van der Waals surface area (Å²) in [7, 11) is 0. The number of esters is 1. The van der Waals surface area contributed by atoms with Crippen molar-refractivity contribution in [1.29, 1.82) is 0 Å². The molecule has 0 radical (unpaired) electrons. The molecule has 2 aliphatic heterocycles. The van der Waals surface area contributed by atoms with Crippen molar-refractivity contribution in [2.75, 3.05) is 13.2 Å². The van der Waals surface area contributed by atoms with Crippen molar-refractivity contribution < 1.29 is 19.0 Å². The Balaban J connectivity index is 1.61. The van der Waals surface area contributed by atoms with Gasteiger partial charge < -0.3 is 14.2 Å². The van der Waals surface area contributed by atoms with E-state index in [4.69, 9.17) is 14.2 Å². The van der Waals surface area contributed by atoms with Gasteiger partial charge in [0, 0.05) is 16.9 Å². The van der Waals surface area contributed by atoms with Crippen LogP contribution in [0.15, 0.2) is 23.8 Å². The van der Waals surface area contributed by atoms with Gasteiger partial charge in [-0.1, -0.05) is 39.0 Å². The van der Waals surface area contributed by atoms with Crippen LogP contribution in [-0.4, -0.2) is 31.1 Å². The SMILES string of the molecule is C=C1CCC2[C@]3(C)COC(C)(C)O[C@@H]3CC[C@@]2(C)[C@@H]1C/C=C1/C(=O)OC[C@H]1C. The number of hydrogen-bond donors (Lipinski definition) is 0. The largest absolute Gasteiger partial charge is 0.462 e. The maximum absolute atomic E-state index is 12.1. The monoisotopic (exact) mass is 388 g/mol. The fourth-order valence-electron chi connectivity index (χ4n) is 6.60. The Hall–Kier alpha value is -1.13. The Morgan fingerprint density at radius 2 is 1.93 bits per heavy atom. The standard InChI is InChI=1S/C24H36O4/c1-15-7-10-19-23(5,18(15)9-8-17-16(2)13-26-21(17)25)12-11-20-24(19,6)14-27-22(3,4)28-20/h8,16,18-20H,1,7,9-14H2,2-6H3/b17-8+/t16-,18-,19?,20-,23+,24+/m1/s1. The Morgan fingerprint density at radius 3 is 2.61 bits per heavy atom. The van der Waals surface area contributed by atoms with Gasteiger partial charge in [0.2, 0.25) is 0 Å². The van der Waals surface area contributed by atoms with Gasteiger partial charge >= 0.3 is 5.97 Å². The fraction of sp³-hybridized carbons (Fsp3) is 0.792. The van der Waals surface area contributed by atoms with Gasteiger partial charge in [0.05, 0.1) is 19.3 Å². The molecule has 0 amide bonds. The molecule has 4 heteroatoms. The molecule has 0 spiro atoms. The summed E-state index contributed by atoms with van der Waals surface area (Å²) in [5, 5.41) is 0. The van der Waals surface area contributed by atoms with Crippen molar-refractivity contribution in [1.82, 2.24) is 0 Å². The van der Waals surface area contributed by atoms with Gasteiger partial charge in [-0.2, -0.15) is 0 Å². The molecule has 0 aromatic heterocycles. The minimum Gasteiger partial charge on any atom is -0.462 e. The molecule has 2 heterocycles. The summed E-state index contributed by atoms with van der Waals surface area (Å²) >= 11 is 0. The summed E-state index contributed by atoms with van der Waals surface area (Å²) in [5.74, 6) is 0.508. The van der Waals surface area contributed by atoms with E-state index in [2.05, 4.69) is 33.4 Å². The van der Waals surface area contributed by atoms with E-state index >= 15 is 0 Å². The maximum atomic E-state index is 12.1. The minimum atomic E-state index is -0.487. The summed E-state index contributed by atoms with van der Waals surface area (Å²) in [6.45, 7) is 16.7. The van der Waals surface area contributed by atoms with Crippen LogP contribution in [0.25, 0.3) is 0 Å². The average molecular weight is 389 g/mol. The molecule has 4 rings (SSSR count). The maximum Gasteiger partial charge on any atom is 0.334 e. The van der Waals surface area contributed by atoms with Crippen LogP contribution in [0.2, 0.25) is 0 Å². The fourth-order valence-corrected chi connectivity index (χ4v) is 6.60. The predicted molar refractivity (Wildman–Crippen MR) is 109 cm³/mol. The van der Waals surface area contributed by atoms with E-state index in [9.17, 15) is 4.79 Å². The molecule has 4 nitrogen and oxygen atoms in total. The van der Waals surface area contributed by atoms with Gasteiger partial charge in [-0.3, -0.25) is 0 Å². The normalized spacial score (nSPS) is 46.8. The second-order valence-corrected chi connectivity index (χ2v) is 10.5. The van der Waals surface area contributed by atoms with Crippen LogP contribution >= 0.6 is 0 Å². The molecule has 1 unspecified atom stereocenters. The number of cyclic esters (lactones) is 1. The molecule has 156 valence electrons. The molecule has 0 aromatic carbocycles. The average Bonchev–Trinajstić information content (AvgIpc) is 2.93. The minimum absolute atomic E-state index is 0.0359. The van der Waals surface area contributed by atoms with Crippen LogP contribution in [0.3, 0.4) is 0 Å². The number of hydrogen-bond acceptors (Lipinski definition) is 4. The molecule has 28 heavy (non-hydrogen) atoms. The summed E-state index contributed by atoms with van der Waals surface area (Å²) in [6, 6.07) is 0. The van der Waals surface area contributed by atoms with Gasteiger partial charge in [0.15, 0.2) is 5.79 Å². The number of rotatable bonds is 2. The number of allylic oxidation sites excluding steroid dienone is 2. The highest BCUT2D eigenvalue weighted by atomic mass is 16.7. The smallest absolute Gasteiger partial charge is 0.334 e. The lowest BCUT2D eigenvalue weighted by atomic mass is 9.46. The molecular weight excluding hydrogens is 352 g/mol. The summed E-state index contributed by atoms with van der Waals surface area (Å²) in [6.07, 6.45) is 7.70. The molecule has 4 fully saturated rings. The Morgan fingerprint density at radius 1 is 1.18 bits per heavy atom. The van der Waals surface area contributed by atoms with Crippen LogP contribution in [0, 0.1) is 28.6 Å². The molecule has 2 saturated heterocycles. The van der Waals surface area contributed by atoms with E-state index in [1.807, 2.05) is 13.8 Å². The van der Waals surface area contributed by atoms with Crippen LogP contribution in [0.1, 0.15) is 66.7 Å². The van der Waals surface area contributed by atoms with Crippen LogP contribution in [-0.2, 0) is 19.0 Å². The Labute approximate surface area is 169 Å². The molecule has 0 bridgehead atoms. The van der Waals surface area contributed by atoms with E-state index in [1.165, 1.54) is 5.57 Å². The zero-order chi connectivity index (χ0) is 20.3. The Bertz CT molecular complexity index is 707. The first kappa shape index (κ1) is 20.2. The van der Waals surface area contributed by atoms with Crippen molar-refractivity contribution in [3.8, 4) is 0 Å². The highest BCUT2D eigenvalue weighted by Crippen LogP contribution is 2.63. The number of fused-ring (bicyclic) bond motifs is 3. The van der Waals surface area contributed by atoms with Gasteiger partial charge in [-0.05, 0) is 63.2 Å². The van der Waals surface area contributed by atoms with Crippen LogP contribution in [0.5, 0.6) is 0 Å². The highest BCUT2D eigenvalue weighted by molar-refractivity contribution is 5.90. The van der Waals surface area contributed by atoms with Crippen molar-refractivity contribution >= 4 is 5.97 Å². The summed E-state index contributed by atoms with van der Waals surface area (Å²) in [5.41, 5.74) is 2.39. The number of ether oxygens (including phenoxy) is 3. The lowest BCUT2D eigenvalue weighted by Gasteiger charge is -2.63. The molecular formula is C24H36O4. The van der Waals surface area contributed by atoms with Gasteiger partial charge in [-0.25, -0.2) is 4.79 Å². The topological polar surface area (TPSA) is 44.8 Å². The molecule has 4 aliphatic rings. The third-order valence-corrected chi connectivity index (χ3v) is 8.28. The predicted octanol–water partition coefficient (Wildman–Crippen LogP) is 5.04. The van der Waals surface area contributed by atoms with Crippen molar-refractivity contribution in [2.45, 2.75) is 78.6 Å². The third-order valence-electron chi connectivity index (χ3n) is 8.28. The van der Waals surface area contributed by atoms with Crippen molar-refractivity contribution in [2.24, 2.45) is 28.6 Å². The lowest BCUT2D eigenvalue weighted by molar-refractivity contribution is -0.344. The molecule has 2 saturated carbocycles. The van der Waals surface area contributed by atoms with Crippen molar-refractivity contribution in [3.63, 3.8) is 0 Å². The molecule has 0 aromatic rings. The zero-order valence-electron chi connectivity index (χ0n) is 18.2. The van der Waals surface area contributed by atoms with E-state index in [1.54, 1.807) is 0 Å². The first-order valence-electron chi connectivity index (χ1n) is 10.9. The van der Waals surface area contributed by atoms with Crippen LogP contribution in [0.4, 0.5) is 0 Å². The number of carbonyl (C=O) groups is 1. The molecule has 0 N–H and O–H groups in total. The molecule has 2 aliphatic carbocycles. The lowest BCUT2D eigenvalue weighted by Crippen LogP contribution is -2.62. The first-order chi connectivity index (χ1) is 13.1. The van der Waals surface area contributed by atoms with Crippen molar-refractivity contribution in [3.05, 3.63) is 23.8 Å². The van der Waals surface area contributed by atoms with E-state index in [0.29, 0.717) is 18.4 Å². The number of carbonyl (C=O) groups excluding carboxylic acids is 1. The second-order valence-electron chi connectivity index (χ2n) is 10.5. The zero-order valence-corrected chi connectivity index (χ0v) is 18.2. The van der Waals surface area contributed by atoms with Crippen LogP contribution < -0.4 is 0 Å². The van der Waals surface area contributed by atoms with Gasteiger partial charge in [-0.15, -0.1) is 0 Å². The first-order valence-corrected chi connectivity index (χ1v) is 10.9. The third kappa shape index (κ3) is 3.08. The summed E-state index contributed by atoms with van der Waals surface area (Å²) in [4.78, 5) is 12.1. The van der Waals surface area contributed by atoms with E-state index in [0.717, 1.165) is 44.3 Å². The second kappa shape index (κ2) is 6.70.